The van der Waals surface area contributed by atoms with Crippen LogP contribution in [0.25, 0.3) is 0 Å². The van der Waals surface area contributed by atoms with Crippen molar-refractivity contribution in [3.63, 3.8) is 0 Å². The Morgan fingerprint density at radius 2 is 1.63 bits per heavy atom. The fraction of sp³-hybridized carbons (Fsp3) is 0.333. The van der Waals surface area contributed by atoms with Gasteiger partial charge in [0.25, 0.3) is 0 Å². The molecule has 0 N–H and O–H groups in total. The number of hydrogen-bond acceptors (Lipinski definition) is 5. The number of hydrogen-bond donors (Lipinski definition) is 0. The lowest BCUT2D eigenvalue weighted by Crippen LogP contribution is -2.56. The summed E-state index contributed by atoms with van der Waals surface area (Å²) in [4.78, 5) is 24.7. The zero-order chi connectivity index (χ0) is 18.9. The number of esters is 1. The normalized spacial score (nSPS) is 15.7. The highest BCUT2D eigenvalue weighted by atomic mass is 16.5. The molecule has 0 saturated carbocycles. The van der Waals surface area contributed by atoms with Crippen LogP contribution < -0.4 is 0 Å². The molecule has 0 aromatic heterocycles. The van der Waals surface area contributed by atoms with Gasteiger partial charge in [-0.3, -0.25) is 9.80 Å². The molecule has 3 rings (SSSR count). The van der Waals surface area contributed by atoms with Gasteiger partial charge in [-0.25, -0.2) is 9.80 Å². The average molecular weight is 368 g/mol. The Labute approximate surface area is 159 Å². The molecule has 2 aromatic rings. The van der Waals surface area contributed by atoms with Gasteiger partial charge in [-0.2, -0.15) is 0 Å². The molecular weight excluding hydrogens is 344 g/mol. The SMILES string of the molecule is O=CN([C@@H](Cc1ccccc1)C(=O)OCc1ccccc1)N1CCOCC1. The summed E-state index contributed by atoms with van der Waals surface area (Å²) in [5.41, 5.74) is 1.88. The van der Waals surface area contributed by atoms with Crippen LogP contribution in [0.4, 0.5) is 0 Å². The van der Waals surface area contributed by atoms with E-state index in [-0.39, 0.29) is 6.61 Å². The van der Waals surface area contributed by atoms with Crippen LogP contribution in [0, 0.1) is 0 Å². The molecule has 2 aromatic carbocycles. The molecule has 1 aliphatic heterocycles. The Morgan fingerprint density at radius 1 is 1.04 bits per heavy atom. The number of carbonyl (C=O) groups excluding carboxylic acids is 2. The first kappa shape index (κ1) is 19.1. The van der Waals surface area contributed by atoms with Gasteiger partial charge in [-0.1, -0.05) is 60.7 Å². The summed E-state index contributed by atoms with van der Waals surface area (Å²) in [7, 11) is 0. The molecule has 0 aliphatic carbocycles. The van der Waals surface area contributed by atoms with Crippen molar-refractivity contribution in [3.8, 4) is 0 Å². The van der Waals surface area contributed by atoms with Crippen LogP contribution in [0.1, 0.15) is 11.1 Å². The van der Waals surface area contributed by atoms with Gasteiger partial charge in [0, 0.05) is 19.5 Å². The van der Waals surface area contributed by atoms with Crippen molar-refractivity contribution >= 4 is 12.4 Å². The van der Waals surface area contributed by atoms with Gasteiger partial charge in [0.15, 0.2) is 0 Å². The summed E-state index contributed by atoms with van der Waals surface area (Å²) in [6.07, 6.45) is 1.10. The number of rotatable bonds is 8. The van der Waals surface area contributed by atoms with Crippen molar-refractivity contribution in [2.75, 3.05) is 26.3 Å². The molecule has 0 radical (unpaired) electrons. The van der Waals surface area contributed by atoms with Crippen molar-refractivity contribution in [1.82, 2.24) is 10.0 Å². The van der Waals surface area contributed by atoms with Crippen LogP contribution in [0.2, 0.25) is 0 Å². The summed E-state index contributed by atoms with van der Waals surface area (Å²) in [6, 6.07) is 18.4. The summed E-state index contributed by atoms with van der Waals surface area (Å²) in [6.45, 7) is 2.37. The van der Waals surface area contributed by atoms with Gasteiger partial charge >= 0.3 is 5.97 Å². The second kappa shape index (κ2) is 9.85. The molecule has 27 heavy (non-hydrogen) atoms. The number of amides is 1. The molecule has 1 saturated heterocycles. The van der Waals surface area contributed by atoms with Crippen LogP contribution in [-0.2, 0) is 32.1 Å². The second-order valence-electron chi connectivity index (χ2n) is 6.35. The third-order valence-corrected chi connectivity index (χ3v) is 4.51. The fourth-order valence-electron chi connectivity index (χ4n) is 3.07. The Morgan fingerprint density at radius 3 is 2.22 bits per heavy atom. The van der Waals surface area contributed by atoms with Gasteiger partial charge in [-0.05, 0) is 11.1 Å². The number of morpholine rings is 1. The van der Waals surface area contributed by atoms with Gasteiger partial charge in [0.05, 0.1) is 13.2 Å². The molecule has 1 amide bonds. The van der Waals surface area contributed by atoms with Gasteiger partial charge in [0.1, 0.15) is 12.6 Å². The minimum absolute atomic E-state index is 0.181. The van der Waals surface area contributed by atoms with Crippen LogP contribution in [-0.4, -0.2) is 54.7 Å². The van der Waals surface area contributed by atoms with Crippen LogP contribution in [0.15, 0.2) is 60.7 Å². The van der Waals surface area contributed by atoms with Gasteiger partial charge < -0.3 is 9.47 Å². The highest BCUT2D eigenvalue weighted by Crippen LogP contribution is 2.15. The van der Waals surface area contributed by atoms with E-state index in [9.17, 15) is 9.59 Å². The highest BCUT2D eigenvalue weighted by Gasteiger charge is 2.32. The lowest BCUT2D eigenvalue weighted by Gasteiger charge is -2.38. The molecule has 1 fully saturated rings. The van der Waals surface area contributed by atoms with Gasteiger partial charge in [0.2, 0.25) is 6.41 Å². The van der Waals surface area contributed by atoms with E-state index in [4.69, 9.17) is 9.47 Å². The Bertz CT molecular complexity index is 717. The Balaban J connectivity index is 1.75. The molecule has 6 heteroatoms. The number of nitrogens with zero attached hydrogens (tertiary/aromatic N) is 2. The molecule has 0 unspecified atom stereocenters. The van der Waals surface area contributed by atoms with E-state index >= 15 is 0 Å². The third kappa shape index (κ3) is 5.39. The average Bonchev–Trinajstić information content (AvgIpc) is 2.74. The zero-order valence-electron chi connectivity index (χ0n) is 15.2. The standard InChI is InChI=1S/C21H24N2O4/c24-17-23(22-11-13-26-14-12-22)20(15-18-7-3-1-4-8-18)21(25)27-16-19-9-5-2-6-10-19/h1-10,17,20H,11-16H2/t20-/m0/s1. The van der Waals surface area contributed by atoms with Crippen LogP contribution in [0.3, 0.4) is 0 Å². The third-order valence-electron chi connectivity index (χ3n) is 4.51. The Kier molecular flexibility index (Phi) is 6.96. The zero-order valence-corrected chi connectivity index (χ0v) is 15.2. The second-order valence-corrected chi connectivity index (χ2v) is 6.35. The number of carbonyl (C=O) groups is 2. The van der Waals surface area contributed by atoms with Crippen LogP contribution >= 0.6 is 0 Å². The molecule has 1 aliphatic rings. The predicted molar refractivity (Wildman–Crippen MR) is 100 cm³/mol. The first-order valence-electron chi connectivity index (χ1n) is 9.08. The highest BCUT2D eigenvalue weighted by molar-refractivity contribution is 5.78. The summed E-state index contributed by atoms with van der Waals surface area (Å²) in [5, 5.41) is 3.32. The lowest BCUT2D eigenvalue weighted by molar-refractivity contribution is -0.171. The van der Waals surface area contributed by atoms with E-state index in [1.165, 1.54) is 5.01 Å². The maximum Gasteiger partial charge on any atom is 0.331 e. The molecule has 142 valence electrons. The minimum Gasteiger partial charge on any atom is -0.459 e. The summed E-state index contributed by atoms with van der Waals surface area (Å²) < 4.78 is 10.9. The molecular formula is C21H24N2O4. The first-order chi connectivity index (χ1) is 13.3. The number of ether oxygens (including phenoxy) is 2. The van der Waals surface area contributed by atoms with E-state index < -0.39 is 12.0 Å². The number of hydrazine groups is 1. The largest absolute Gasteiger partial charge is 0.459 e. The monoisotopic (exact) mass is 368 g/mol. The number of benzene rings is 2. The van der Waals surface area contributed by atoms with Crippen molar-refractivity contribution in [2.45, 2.75) is 19.1 Å². The maximum atomic E-state index is 12.9. The topological polar surface area (TPSA) is 59.1 Å². The predicted octanol–water partition coefficient (Wildman–Crippen LogP) is 2.05. The Hall–Kier alpha value is -2.70. The minimum atomic E-state index is -0.716. The quantitative estimate of drug-likeness (QED) is 0.527. The van der Waals surface area contributed by atoms with E-state index in [1.54, 1.807) is 0 Å². The van der Waals surface area contributed by atoms with E-state index in [1.807, 2.05) is 65.7 Å². The maximum absolute atomic E-state index is 12.9. The van der Waals surface area contributed by atoms with E-state index in [2.05, 4.69) is 0 Å². The van der Waals surface area contributed by atoms with E-state index in [0.717, 1.165) is 11.1 Å². The van der Waals surface area contributed by atoms with Crippen molar-refractivity contribution in [2.24, 2.45) is 0 Å². The molecule has 6 nitrogen and oxygen atoms in total. The van der Waals surface area contributed by atoms with E-state index in [0.29, 0.717) is 39.1 Å². The van der Waals surface area contributed by atoms with Crippen molar-refractivity contribution in [1.29, 1.82) is 0 Å². The summed E-state index contributed by atoms with van der Waals surface area (Å²) in [5.74, 6) is -0.415. The smallest absolute Gasteiger partial charge is 0.331 e. The molecule has 1 heterocycles. The summed E-state index contributed by atoms with van der Waals surface area (Å²) >= 11 is 0. The lowest BCUT2D eigenvalue weighted by atomic mass is 10.1. The first-order valence-corrected chi connectivity index (χ1v) is 9.08. The van der Waals surface area contributed by atoms with Crippen molar-refractivity contribution in [3.05, 3.63) is 71.8 Å². The van der Waals surface area contributed by atoms with Crippen LogP contribution in [0.5, 0.6) is 0 Å². The molecule has 0 spiro atoms. The van der Waals surface area contributed by atoms with Gasteiger partial charge in [-0.15, -0.1) is 0 Å². The molecule has 1 atom stereocenters. The van der Waals surface area contributed by atoms with Crippen molar-refractivity contribution < 1.29 is 19.1 Å². The fourth-order valence-corrected chi connectivity index (χ4v) is 3.07. The molecule has 0 bridgehead atoms.